The lowest BCUT2D eigenvalue weighted by Gasteiger charge is -2.62. The number of rotatable bonds is 3. The Bertz CT molecular complexity index is 936. The molecule has 0 spiro atoms. The summed E-state index contributed by atoms with van der Waals surface area (Å²) in [7, 11) is 3.42. The number of benzene rings is 1. The Morgan fingerprint density at radius 1 is 1.06 bits per heavy atom. The van der Waals surface area contributed by atoms with Crippen LogP contribution < -0.4 is 10.1 Å². The number of anilines is 1. The van der Waals surface area contributed by atoms with Crippen LogP contribution in [0.15, 0.2) is 24.3 Å². The molecule has 4 fully saturated rings. The zero-order valence-corrected chi connectivity index (χ0v) is 20.3. The largest absolute Gasteiger partial charge is 0.497 e. The standard InChI is InChI=1S/C27H37FN2O3/c1-26-14-13-20-18(9-12-23-27(20,2)15-22(28)25(32)30(23)3)19(26)10-11-21(26)24(31)29-16-5-7-17(33-4)8-6-16/h5-8,18-23H,9-15H2,1-4H3,(H,29,31)/t18?,19-,20?,21+,22+,23+,26-,27+/m0/s1. The topological polar surface area (TPSA) is 58.6 Å². The first-order valence-electron chi connectivity index (χ1n) is 12.5. The molecule has 5 rings (SSSR count). The zero-order valence-electron chi connectivity index (χ0n) is 20.3. The van der Waals surface area contributed by atoms with E-state index in [9.17, 15) is 14.0 Å². The predicted octanol–water partition coefficient (Wildman–Crippen LogP) is 5.06. The molecule has 1 aromatic rings. The van der Waals surface area contributed by atoms with Crippen molar-refractivity contribution in [1.82, 2.24) is 4.90 Å². The number of piperidine rings is 1. The number of alkyl halides is 1. The summed E-state index contributed by atoms with van der Waals surface area (Å²) in [6.07, 6.45) is 4.99. The molecular weight excluding hydrogens is 419 g/mol. The molecule has 0 radical (unpaired) electrons. The minimum atomic E-state index is -1.38. The number of amides is 2. The van der Waals surface area contributed by atoms with Gasteiger partial charge in [-0.3, -0.25) is 9.59 Å². The summed E-state index contributed by atoms with van der Waals surface area (Å²) in [5, 5.41) is 3.15. The van der Waals surface area contributed by atoms with Crippen molar-refractivity contribution in [2.24, 2.45) is 34.5 Å². The van der Waals surface area contributed by atoms with Gasteiger partial charge in [0.2, 0.25) is 5.91 Å². The van der Waals surface area contributed by atoms with Crippen molar-refractivity contribution in [3.8, 4) is 5.75 Å². The molecule has 1 saturated heterocycles. The quantitative estimate of drug-likeness (QED) is 0.692. The highest BCUT2D eigenvalue weighted by Crippen LogP contribution is 2.66. The first kappa shape index (κ1) is 22.7. The minimum absolute atomic E-state index is 0.000567. The molecule has 1 N–H and O–H groups in total. The van der Waals surface area contributed by atoms with Crippen LogP contribution in [-0.4, -0.2) is 43.1 Å². The molecule has 8 atom stereocenters. The van der Waals surface area contributed by atoms with Crippen LogP contribution in [0, 0.1) is 34.5 Å². The van der Waals surface area contributed by atoms with Gasteiger partial charge in [-0.1, -0.05) is 13.8 Å². The summed E-state index contributed by atoms with van der Waals surface area (Å²) in [4.78, 5) is 27.4. The number of ether oxygens (including phenoxy) is 1. The lowest BCUT2D eigenvalue weighted by atomic mass is 9.46. The number of hydrogen-bond donors (Lipinski definition) is 1. The van der Waals surface area contributed by atoms with Gasteiger partial charge in [0.05, 0.1) is 7.11 Å². The van der Waals surface area contributed by atoms with Crippen LogP contribution >= 0.6 is 0 Å². The van der Waals surface area contributed by atoms with Crippen molar-refractivity contribution in [3.63, 3.8) is 0 Å². The SMILES string of the molecule is COc1ccc(NC(=O)[C@H]2CC[C@H]3C4CC[C@H]5N(C)C(=O)[C@H](F)C[C@]5(C)C4CC[C@]23C)cc1. The highest BCUT2D eigenvalue weighted by atomic mass is 19.1. The molecule has 1 aromatic carbocycles. The van der Waals surface area contributed by atoms with Crippen LogP contribution in [-0.2, 0) is 9.59 Å². The smallest absolute Gasteiger partial charge is 0.257 e. The highest BCUT2D eigenvalue weighted by molar-refractivity contribution is 5.93. The number of fused-ring (bicyclic) bond motifs is 5. The lowest BCUT2D eigenvalue weighted by Crippen LogP contribution is -2.64. The molecule has 2 unspecified atom stereocenters. The van der Waals surface area contributed by atoms with E-state index in [1.54, 1.807) is 19.1 Å². The maximum absolute atomic E-state index is 14.7. The van der Waals surface area contributed by atoms with E-state index in [0.717, 1.165) is 50.0 Å². The van der Waals surface area contributed by atoms with Crippen molar-refractivity contribution in [1.29, 1.82) is 0 Å². The van der Waals surface area contributed by atoms with Crippen LogP contribution in [0.4, 0.5) is 10.1 Å². The molecule has 3 saturated carbocycles. The van der Waals surface area contributed by atoms with E-state index in [4.69, 9.17) is 4.74 Å². The Morgan fingerprint density at radius 2 is 1.76 bits per heavy atom. The Morgan fingerprint density at radius 3 is 2.45 bits per heavy atom. The van der Waals surface area contributed by atoms with Gasteiger partial charge >= 0.3 is 0 Å². The van der Waals surface area contributed by atoms with Crippen LogP contribution in [0.1, 0.15) is 58.8 Å². The molecule has 180 valence electrons. The van der Waals surface area contributed by atoms with E-state index in [1.807, 2.05) is 24.3 Å². The number of halogens is 1. The maximum atomic E-state index is 14.7. The van der Waals surface area contributed by atoms with Crippen molar-refractivity contribution in [2.75, 3.05) is 19.5 Å². The molecule has 6 heteroatoms. The Balaban J connectivity index is 1.34. The summed E-state index contributed by atoms with van der Waals surface area (Å²) < 4.78 is 19.9. The van der Waals surface area contributed by atoms with Gasteiger partial charge in [-0.25, -0.2) is 4.39 Å². The van der Waals surface area contributed by atoms with E-state index in [0.29, 0.717) is 24.2 Å². The third-order valence-corrected chi connectivity index (χ3v) is 10.2. The number of carbonyl (C=O) groups excluding carboxylic acids is 2. The second kappa shape index (κ2) is 7.99. The molecule has 1 heterocycles. The van der Waals surface area contributed by atoms with Crippen molar-refractivity contribution >= 4 is 17.5 Å². The number of methoxy groups -OCH3 is 1. The maximum Gasteiger partial charge on any atom is 0.257 e. The number of hydrogen-bond acceptors (Lipinski definition) is 3. The number of likely N-dealkylation sites (tertiary alicyclic amines) is 1. The molecule has 0 aromatic heterocycles. The van der Waals surface area contributed by atoms with Gasteiger partial charge in [-0.15, -0.1) is 0 Å². The summed E-state index contributed by atoms with van der Waals surface area (Å²) in [6, 6.07) is 7.64. The number of carbonyl (C=O) groups is 2. The summed E-state index contributed by atoms with van der Waals surface area (Å²) in [6.45, 7) is 4.55. The van der Waals surface area contributed by atoms with Gasteiger partial charge in [0, 0.05) is 24.7 Å². The molecule has 1 aliphatic heterocycles. The summed E-state index contributed by atoms with van der Waals surface area (Å²) in [5.74, 6) is 1.98. The van der Waals surface area contributed by atoms with Crippen LogP contribution in [0.5, 0.6) is 5.75 Å². The van der Waals surface area contributed by atoms with Crippen molar-refractivity contribution in [2.45, 2.75) is 71.0 Å². The van der Waals surface area contributed by atoms with Gasteiger partial charge in [-0.2, -0.15) is 0 Å². The Hall–Kier alpha value is -2.11. The van der Waals surface area contributed by atoms with Gasteiger partial charge in [0.15, 0.2) is 6.17 Å². The van der Waals surface area contributed by atoms with Gasteiger partial charge < -0.3 is 15.0 Å². The zero-order chi connectivity index (χ0) is 23.5. The van der Waals surface area contributed by atoms with Gasteiger partial charge in [0.25, 0.3) is 5.91 Å². The normalized spacial score (nSPS) is 42.2. The van der Waals surface area contributed by atoms with Crippen LogP contribution in [0.2, 0.25) is 0 Å². The van der Waals surface area contributed by atoms with Crippen molar-refractivity contribution in [3.05, 3.63) is 24.3 Å². The molecule has 0 bridgehead atoms. The molecule has 2 amide bonds. The van der Waals surface area contributed by atoms with E-state index < -0.39 is 6.17 Å². The van der Waals surface area contributed by atoms with Crippen molar-refractivity contribution < 1.29 is 18.7 Å². The van der Waals surface area contributed by atoms with Gasteiger partial charge in [-0.05, 0) is 97.8 Å². The van der Waals surface area contributed by atoms with Crippen LogP contribution in [0.25, 0.3) is 0 Å². The summed E-state index contributed by atoms with van der Waals surface area (Å²) >= 11 is 0. The first-order valence-corrected chi connectivity index (χ1v) is 12.5. The fourth-order valence-electron chi connectivity index (χ4n) is 8.54. The Kier molecular flexibility index (Phi) is 5.49. The minimum Gasteiger partial charge on any atom is -0.497 e. The molecule has 33 heavy (non-hydrogen) atoms. The van der Waals surface area contributed by atoms with E-state index in [2.05, 4.69) is 19.2 Å². The molecule has 5 nitrogen and oxygen atoms in total. The fraction of sp³-hybridized carbons (Fsp3) is 0.704. The average molecular weight is 457 g/mol. The third-order valence-electron chi connectivity index (χ3n) is 10.2. The third kappa shape index (κ3) is 3.38. The Labute approximate surface area is 196 Å². The average Bonchev–Trinajstić information content (AvgIpc) is 3.15. The lowest BCUT2D eigenvalue weighted by molar-refractivity contribution is -0.169. The monoisotopic (exact) mass is 456 g/mol. The van der Waals surface area contributed by atoms with Crippen LogP contribution in [0.3, 0.4) is 0 Å². The van der Waals surface area contributed by atoms with E-state index >= 15 is 0 Å². The highest BCUT2D eigenvalue weighted by Gasteiger charge is 2.63. The number of nitrogens with one attached hydrogen (secondary N) is 1. The predicted molar refractivity (Wildman–Crippen MR) is 126 cm³/mol. The van der Waals surface area contributed by atoms with E-state index in [-0.39, 0.29) is 34.6 Å². The van der Waals surface area contributed by atoms with Gasteiger partial charge in [0.1, 0.15) is 5.75 Å². The number of nitrogens with zero attached hydrogens (tertiary/aromatic N) is 1. The molecular formula is C27H37FN2O3. The second-order valence-corrected chi connectivity index (χ2v) is 11.5. The summed E-state index contributed by atoms with van der Waals surface area (Å²) in [5.41, 5.74) is 0.612. The molecule has 4 aliphatic rings. The second-order valence-electron chi connectivity index (χ2n) is 11.5. The molecule has 3 aliphatic carbocycles. The first-order chi connectivity index (χ1) is 15.7. The van der Waals surface area contributed by atoms with E-state index in [1.165, 1.54) is 0 Å². The fourth-order valence-corrected chi connectivity index (χ4v) is 8.54.